The van der Waals surface area contributed by atoms with E-state index in [9.17, 15) is 0 Å². The standard InChI is InChI=1S/C18H27N5S/c1-5-16-12-20-17(24-16)13-22-18(19-3)21-11-14(2)23(4)15-9-7-6-8-10-15/h6-10,12,14H,5,11,13H2,1-4H3,(H2,19,21,22). The number of likely N-dealkylation sites (N-methyl/N-ethyl adjacent to an activating group) is 1. The number of rotatable bonds is 7. The van der Waals surface area contributed by atoms with Crippen molar-refractivity contribution < 1.29 is 0 Å². The molecular weight excluding hydrogens is 318 g/mol. The van der Waals surface area contributed by atoms with Crippen LogP contribution in [0.5, 0.6) is 0 Å². The predicted molar refractivity (Wildman–Crippen MR) is 104 cm³/mol. The molecule has 1 heterocycles. The van der Waals surface area contributed by atoms with Crippen LogP contribution in [0.3, 0.4) is 0 Å². The van der Waals surface area contributed by atoms with Gasteiger partial charge in [-0.05, 0) is 25.5 Å². The quantitative estimate of drug-likeness (QED) is 0.598. The second-order valence-electron chi connectivity index (χ2n) is 5.68. The fraction of sp³-hybridized carbons (Fsp3) is 0.444. The van der Waals surface area contributed by atoms with E-state index < -0.39 is 0 Å². The Morgan fingerprint density at radius 1 is 1.29 bits per heavy atom. The van der Waals surface area contributed by atoms with Crippen molar-refractivity contribution >= 4 is 23.0 Å². The zero-order valence-corrected chi connectivity index (χ0v) is 15.7. The molecule has 0 radical (unpaired) electrons. The normalized spacial score (nSPS) is 12.8. The van der Waals surface area contributed by atoms with E-state index in [2.05, 4.69) is 70.7 Å². The van der Waals surface area contributed by atoms with Crippen molar-refractivity contribution in [3.8, 4) is 0 Å². The first-order valence-corrected chi connectivity index (χ1v) is 9.11. The van der Waals surface area contributed by atoms with Crippen molar-refractivity contribution in [2.75, 3.05) is 25.5 Å². The van der Waals surface area contributed by atoms with Crippen LogP contribution in [0, 0.1) is 0 Å². The number of hydrogen-bond acceptors (Lipinski definition) is 4. The summed E-state index contributed by atoms with van der Waals surface area (Å²) in [7, 11) is 3.90. The number of aryl methyl sites for hydroxylation is 1. The third-order valence-corrected chi connectivity index (χ3v) is 5.11. The van der Waals surface area contributed by atoms with Crippen LogP contribution in [0.2, 0.25) is 0 Å². The SMILES string of the molecule is CCc1cnc(CNC(=NC)NCC(C)N(C)c2ccccc2)s1. The minimum absolute atomic E-state index is 0.345. The number of guanidine groups is 1. The first-order valence-electron chi connectivity index (χ1n) is 8.30. The molecule has 0 fully saturated rings. The lowest BCUT2D eigenvalue weighted by Gasteiger charge is -2.27. The molecule has 1 aromatic carbocycles. The van der Waals surface area contributed by atoms with Crippen molar-refractivity contribution in [1.29, 1.82) is 0 Å². The monoisotopic (exact) mass is 345 g/mol. The van der Waals surface area contributed by atoms with E-state index in [-0.39, 0.29) is 0 Å². The molecule has 2 rings (SSSR count). The average Bonchev–Trinajstić information content (AvgIpc) is 3.09. The van der Waals surface area contributed by atoms with Crippen LogP contribution in [-0.4, -0.2) is 37.6 Å². The molecule has 0 aliphatic heterocycles. The first-order chi connectivity index (χ1) is 11.6. The first kappa shape index (κ1) is 18.3. The topological polar surface area (TPSA) is 52.6 Å². The molecule has 1 atom stereocenters. The van der Waals surface area contributed by atoms with Crippen molar-refractivity contribution in [1.82, 2.24) is 15.6 Å². The van der Waals surface area contributed by atoms with Gasteiger partial charge in [0.1, 0.15) is 5.01 Å². The van der Waals surface area contributed by atoms with Crippen LogP contribution >= 0.6 is 11.3 Å². The number of anilines is 1. The Hall–Kier alpha value is -2.08. The predicted octanol–water partition coefficient (Wildman–Crippen LogP) is 2.90. The Morgan fingerprint density at radius 2 is 2.04 bits per heavy atom. The smallest absolute Gasteiger partial charge is 0.191 e. The number of nitrogens with one attached hydrogen (secondary N) is 2. The highest BCUT2D eigenvalue weighted by Gasteiger charge is 2.10. The van der Waals surface area contributed by atoms with E-state index in [1.54, 1.807) is 18.4 Å². The Morgan fingerprint density at radius 3 is 2.67 bits per heavy atom. The molecule has 0 spiro atoms. The fourth-order valence-electron chi connectivity index (χ4n) is 2.27. The number of para-hydroxylation sites is 1. The average molecular weight is 346 g/mol. The second kappa shape index (κ2) is 9.27. The molecule has 0 saturated carbocycles. The summed E-state index contributed by atoms with van der Waals surface area (Å²) in [6.45, 7) is 5.86. The number of thiazole rings is 1. The molecule has 0 aliphatic rings. The van der Waals surface area contributed by atoms with Gasteiger partial charge >= 0.3 is 0 Å². The van der Waals surface area contributed by atoms with Crippen LogP contribution in [0.15, 0.2) is 41.5 Å². The second-order valence-corrected chi connectivity index (χ2v) is 6.88. The Balaban J connectivity index is 1.80. The van der Waals surface area contributed by atoms with Gasteiger partial charge in [0.05, 0.1) is 6.54 Å². The molecule has 1 unspecified atom stereocenters. The number of benzene rings is 1. The van der Waals surface area contributed by atoms with Crippen LogP contribution in [-0.2, 0) is 13.0 Å². The minimum atomic E-state index is 0.345. The number of aliphatic imine (C=N–C) groups is 1. The van der Waals surface area contributed by atoms with Gasteiger partial charge in [-0.25, -0.2) is 4.98 Å². The van der Waals surface area contributed by atoms with Gasteiger partial charge in [0.2, 0.25) is 0 Å². The van der Waals surface area contributed by atoms with Gasteiger partial charge in [-0.3, -0.25) is 4.99 Å². The number of nitrogens with zero attached hydrogens (tertiary/aromatic N) is 3. The van der Waals surface area contributed by atoms with E-state index in [4.69, 9.17) is 0 Å². The molecule has 0 bridgehead atoms. The van der Waals surface area contributed by atoms with E-state index in [1.807, 2.05) is 12.3 Å². The maximum atomic E-state index is 4.42. The summed E-state index contributed by atoms with van der Waals surface area (Å²) in [5, 5.41) is 7.80. The molecule has 6 heteroatoms. The third-order valence-electron chi connectivity index (χ3n) is 3.97. The number of hydrogen-bond donors (Lipinski definition) is 2. The van der Waals surface area contributed by atoms with Crippen molar-refractivity contribution in [3.05, 3.63) is 46.4 Å². The lowest BCUT2D eigenvalue weighted by molar-refractivity contribution is 0.648. The van der Waals surface area contributed by atoms with Gasteiger partial charge in [-0.2, -0.15) is 0 Å². The molecule has 1 aromatic heterocycles. The van der Waals surface area contributed by atoms with Gasteiger partial charge in [-0.15, -0.1) is 11.3 Å². The summed E-state index contributed by atoms with van der Waals surface area (Å²) in [4.78, 5) is 12.3. The van der Waals surface area contributed by atoms with Gasteiger partial charge in [-0.1, -0.05) is 25.1 Å². The molecule has 0 amide bonds. The molecule has 2 aromatic rings. The van der Waals surface area contributed by atoms with Crippen LogP contribution in [0.1, 0.15) is 23.7 Å². The summed E-state index contributed by atoms with van der Waals surface area (Å²) >= 11 is 1.75. The highest BCUT2D eigenvalue weighted by atomic mass is 32.1. The van der Waals surface area contributed by atoms with Gasteiger partial charge in [0.25, 0.3) is 0 Å². The van der Waals surface area contributed by atoms with E-state index >= 15 is 0 Å². The van der Waals surface area contributed by atoms with E-state index in [1.165, 1.54) is 10.6 Å². The van der Waals surface area contributed by atoms with Crippen molar-refractivity contribution in [2.45, 2.75) is 32.9 Å². The fourth-order valence-corrected chi connectivity index (χ4v) is 3.07. The lowest BCUT2D eigenvalue weighted by Crippen LogP contribution is -2.44. The Bertz CT molecular complexity index is 638. The van der Waals surface area contributed by atoms with E-state index in [0.717, 1.165) is 23.9 Å². The summed E-state index contributed by atoms with van der Waals surface area (Å²) < 4.78 is 0. The summed E-state index contributed by atoms with van der Waals surface area (Å²) in [6.07, 6.45) is 2.99. The van der Waals surface area contributed by atoms with E-state index in [0.29, 0.717) is 12.6 Å². The highest BCUT2D eigenvalue weighted by molar-refractivity contribution is 7.11. The zero-order chi connectivity index (χ0) is 17.4. The third kappa shape index (κ3) is 5.23. The maximum Gasteiger partial charge on any atom is 0.191 e. The molecule has 0 aliphatic carbocycles. The van der Waals surface area contributed by atoms with Crippen LogP contribution in [0.25, 0.3) is 0 Å². The minimum Gasteiger partial charge on any atom is -0.370 e. The molecule has 24 heavy (non-hydrogen) atoms. The summed E-state index contributed by atoms with van der Waals surface area (Å²) in [5.41, 5.74) is 1.21. The van der Waals surface area contributed by atoms with Gasteiger partial charge < -0.3 is 15.5 Å². The molecule has 5 nitrogen and oxygen atoms in total. The largest absolute Gasteiger partial charge is 0.370 e. The Kier molecular flexibility index (Phi) is 7.06. The van der Waals surface area contributed by atoms with Crippen molar-refractivity contribution in [3.63, 3.8) is 0 Å². The molecule has 0 saturated heterocycles. The summed E-state index contributed by atoms with van der Waals surface area (Å²) in [5.74, 6) is 0.802. The van der Waals surface area contributed by atoms with Gasteiger partial charge in [0.15, 0.2) is 5.96 Å². The highest BCUT2D eigenvalue weighted by Crippen LogP contribution is 2.14. The molecule has 130 valence electrons. The van der Waals surface area contributed by atoms with Crippen LogP contribution < -0.4 is 15.5 Å². The molecular formula is C18H27N5S. The lowest BCUT2D eigenvalue weighted by atomic mass is 10.2. The number of aromatic nitrogens is 1. The Labute approximate surface area is 148 Å². The zero-order valence-electron chi connectivity index (χ0n) is 14.9. The molecule has 2 N–H and O–H groups in total. The van der Waals surface area contributed by atoms with Crippen LogP contribution in [0.4, 0.5) is 5.69 Å². The maximum absolute atomic E-state index is 4.42. The van der Waals surface area contributed by atoms with Crippen molar-refractivity contribution in [2.24, 2.45) is 4.99 Å². The van der Waals surface area contributed by atoms with Gasteiger partial charge in [0, 0.05) is 43.4 Å². The summed E-state index contributed by atoms with van der Waals surface area (Å²) in [6, 6.07) is 10.7.